The van der Waals surface area contributed by atoms with Gasteiger partial charge in [0, 0.05) is 0 Å². The number of carbonyl (C=O) groups excluding carboxylic acids is 2. The Hall–Kier alpha value is -2.73. The summed E-state index contributed by atoms with van der Waals surface area (Å²) in [5.74, 6) is 0.524. The Kier molecular flexibility index (Phi) is 6.86. The van der Waals surface area contributed by atoms with E-state index in [1.54, 1.807) is 31.2 Å². The minimum Gasteiger partial charge on any atom is -0.481 e. The molecule has 0 bridgehead atoms. The van der Waals surface area contributed by atoms with Gasteiger partial charge in [-0.3, -0.25) is 10.2 Å². The van der Waals surface area contributed by atoms with Crippen molar-refractivity contribution < 1.29 is 14.3 Å². The molecule has 0 aliphatic heterocycles. The fraction of sp³-hybridized carbons (Fsp3) is 0.263. The van der Waals surface area contributed by atoms with Crippen molar-refractivity contribution in [2.24, 2.45) is 0 Å². The monoisotopic (exact) mass is 375 g/mol. The van der Waals surface area contributed by atoms with Crippen molar-refractivity contribution in [1.29, 1.82) is 0 Å². The van der Waals surface area contributed by atoms with Crippen LogP contribution in [0.5, 0.6) is 5.75 Å². The molecule has 1 atom stereocenters. The molecule has 26 heavy (non-hydrogen) atoms. The van der Waals surface area contributed by atoms with Crippen LogP contribution in [0.3, 0.4) is 0 Å². The normalized spacial score (nSPS) is 11.6. The third kappa shape index (κ3) is 5.67. The van der Waals surface area contributed by atoms with Gasteiger partial charge in [-0.25, -0.2) is 10.2 Å². The second-order valence-corrected chi connectivity index (χ2v) is 6.44. The number of hydrazine groups is 1. The average molecular weight is 376 g/mol. The standard InChI is InChI=1S/C19H22ClN3O3/c1-12(2)14-8-10-15(11-9-14)26-13(3)18(24)22-23-19(25)21-17-7-5-4-6-16(17)20/h4-13H,1-3H3,(H,22,24)(H2,21,23,25). The fourth-order valence-electron chi connectivity index (χ4n) is 2.13. The summed E-state index contributed by atoms with van der Waals surface area (Å²) < 4.78 is 5.58. The Morgan fingerprint density at radius 2 is 1.62 bits per heavy atom. The average Bonchev–Trinajstić information content (AvgIpc) is 2.62. The van der Waals surface area contributed by atoms with Gasteiger partial charge in [0.2, 0.25) is 0 Å². The molecule has 6 nitrogen and oxygen atoms in total. The molecule has 0 saturated carbocycles. The molecule has 0 saturated heterocycles. The van der Waals surface area contributed by atoms with Crippen LogP contribution in [0.4, 0.5) is 10.5 Å². The van der Waals surface area contributed by atoms with Crippen molar-refractivity contribution in [1.82, 2.24) is 10.9 Å². The van der Waals surface area contributed by atoms with Crippen LogP contribution < -0.4 is 20.9 Å². The zero-order chi connectivity index (χ0) is 19.1. The molecule has 7 heteroatoms. The predicted molar refractivity (Wildman–Crippen MR) is 102 cm³/mol. The van der Waals surface area contributed by atoms with E-state index in [1.807, 2.05) is 24.3 Å². The number of hydrogen-bond acceptors (Lipinski definition) is 3. The Labute approximate surface area is 157 Å². The van der Waals surface area contributed by atoms with E-state index in [0.29, 0.717) is 22.4 Å². The van der Waals surface area contributed by atoms with Crippen molar-refractivity contribution >= 4 is 29.2 Å². The molecule has 0 radical (unpaired) electrons. The number of nitrogens with one attached hydrogen (secondary N) is 3. The first kappa shape index (κ1) is 19.6. The number of hydrogen-bond donors (Lipinski definition) is 3. The van der Waals surface area contributed by atoms with Gasteiger partial charge in [0.1, 0.15) is 5.75 Å². The van der Waals surface area contributed by atoms with Crippen molar-refractivity contribution in [2.45, 2.75) is 32.8 Å². The Bertz CT molecular complexity index is 763. The number of rotatable bonds is 5. The summed E-state index contributed by atoms with van der Waals surface area (Å²) in [5, 5.41) is 2.93. The van der Waals surface area contributed by atoms with Crippen molar-refractivity contribution in [3.8, 4) is 5.75 Å². The summed E-state index contributed by atoms with van der Waals surface area (Å²) in [6, 6.07) is 13.7. The number of para-hydroxylation sites is 1. The second-order valence-electron chi connectivity index (χ2n) is 6.03. The third-order valence-electron chi connectivity index (χ3n) is 3.65. The highest BCUT2D eigenvalue weighted by molar-refractivity contribution is 6.33. The first-order chi connectivity index (χ1) is 12.4. The van der Waals surface area contributed by atoms with Gasteiger partial charge in [-0.1, -0.05) is 49.7 Å². The van der Waals surface area contributed by atoms with E-state index < -0.39 is 18.0 Å². The lowest BCUT2D eigenvalue weighted by Gasteiger charge is -2.16. The first-order valence-electron chi connectivity index (χ1n) is 8.25. The van der Waals surface area contributed by atoms with E-state index >= 15 is 0 Å². The molecule has 3 amide bonds. The van der Waals surface area contributed by atoms with Gasteiger partial charge < -0.3 is 10.1 Å². The van der Waals surface area contributed by atoms with Crippen LogP contribution in [0.25, 0.3) is 0 Å². The maximum atomic E-state index is 12.0. The topological polar surface area (TPSA) is 79.5 Å². The summed E-state index contributed by atoms with van der Waals surface area (Å²) in [5.41, 5.74) is 6.19. The Morgan fingerprint density at radius 3 is 2.23 bits per heavy atom. The molecule has 0 fully saturated rings. The molecule has 0 heterocycles. The van der Waals surface area contributed by atoms with Gasteiger partial charge in [0.25, 0.3) is 5.91 Å². The van der Waals surface area contributed by atoms with Crippen LogP contribution >= 0.6 is 11.6 Å². The smallest absolute Gasteiger partial charge is 0.337 e. The summed E-state index contributed by atoms with van der Waals surface area (Å²) in [6.07, 6.45) is -0.777. The summed E-state index contributed by atoms with van der Waals surface area (Å²) in [4.78, 5) is 23.9. The zero-order valence-corrected chi connectivity index (χ0v) is 15.6. The van der Waals surface area contributed by atoms with E-state index in [-0.39, 0.29) is 0 Å². The van der Waals surface area contributed by atoms with Crippen LogP contribution in [0, 0.1) is 0 Å². The molecule has 3 N–H and O–H groups in total. The van der Waals surface area contributed by atoms with Gasteiger partial charge in [-0.2, -0.15) is 0 Å². The summed E-state index contributed by atoms with van der Waals surface area (Å²) >= 11 is 5.95. The van der Waals surface area contributed by atoms with Crippen LogP contribution in [0.2, 0.25) is 5.02 Å². The predicted octanol–water partition coefficient (Wildman–Crippen LogP) is 4.08. The zero-order valence-electron chi connectivity index (χ0n) is 14.9. The summed E-state index contributed by atoms with van der Waals surface area (Å²) in [7, 11) is 0. The van der Waals surface area contributed by atoms with E-state index in [4.69, 9.17) is 16.3 Å². The van der Waals surface area contributed by atoms with Gasteiger partial charge in [-0.15, -0.1) is 0 Å². The lowest BCUT2D eigenvalue weighted by molar-refractivity contribution is -0.127. The number of ether oxygens (including phenoxy) is 1. The number of urea groups is 1. The van der Waals surface area contributed by atoms with Gasteiger partial charge in [0.15, 0.2) is 6.10 Å². The second kappa shape index (κ2) is 9.10. The molecule has 2 aromatic rings. The van der Waals surface area contributed by atoms with Gasteiger partial charge in [-0.05, 0) is 42.7 Å². The van der Waals surface area contributed by atoms with Gasteiger partial charge in [0.05, 0.1) is 10.7 Å². The van der Waals surface area contributed by atoms with Crippen LogP contribution in [0.15, 0.2) is 48.5 Å². The molecule has 1 unspecified atom stereocenters. The van der Waals surface area contributed by atoms with Crippen molar-refractivity contribution in [2.75, 3.05) is 5.32 Å². The number of halogens is 1. The molecule has 0 aromatic heterocycles. The Morgan fingerprint density at radius 1 is 0.962 bits per heavy atom. The van der Waals surface area contributed by atoms with E-state index in [2.05, 4.69) is 30.0 Å². The Balaban J connectivity index is 1.81. The van der Waals surface area contributed by atoms with Gasteiger partial charge >= 0.3 is 6.03 Å². The lowest BCUT2D eigenvalue weighted by atomic mass is 10.0. The lowest BCUT2D eigenvalue weighted by Crippen LogP contribution is -2.48. The largest absolute Gasteiger partial charge is 0.481 e. The molecular weight excluding hydrogens is 354 g/mol. The fourth-order valence-corrected chi connectivity index (χ4v) is 2.31. The van der Waals surface area contributed by atoms with Crippen LogP contribution in [0.1, 0.15) is 32.3 Å². The molecule has 138 valence electrons. The number of benzene rings is 2. The highest BCUT2D eigenvalue weighted by atomic mass is 35.5. The van der Waals surface area contributed by atoms with Crippen LogP contribution in [-0.4, -0.2) is 18.0 Å². The minimum absolute atomic E-state index is 0.399. The van der Waals surface area contributed by atoms with Crippen LogP contribution in [-0.2, 0) is 4.79 Å². The number of anilines is 1. The third-order valence-corrected chi connectivity index (χ3v) is 3.98. The van der Waals surface area contributed by atoms with E-state index in [1.165, 1.54) is 5.56 Å². The maximum absolute atomic E-state index is 12.0. The molecule has 0 spiro atoms. The molecule has 2 rings (SSSR count). The molecule has 2 aromatic carbocycles. The summed E-state index contributed by atoms with van der Waals surface area (Å²) in [6.45, 7) is 5.80. The number of amides is 3. The first-order valence-corrected chi connectivity index (χ1v) is 8.62. The highest BCUT2D eigenvalue weighted by Crippen LogP contribution is 2.20. The molecular formula is C19H22ClN3O3. The number of carbonyl (C=O) groups is 2. The maximum Gasteiger partial charge on any atom is 0.337 e. The van der Waals surface area contributed by atoms with Crippen molar-refractivity contribution in [3.63, 3.8) is 0 Å². The molecule has 0 aliphatic carbocycles. The molecule has 0 aliphatic rings. The quantitative estimate of drug-likeness (QED) is 0.689. The minimum atomic E-state index is -0.777. The van der Waals surface area contributed by atoms with E-state index in [9.17, 15) is 9.59 Å². The van der Waals surface area contributed by atoms with E-state index in [0.717, 1.165) is 0 Å². The highest BCUT2D eigenvalue weighted by Gasteiger charge is 2.15. The van der Waals surface area contributed by atoms with Crippen molar-refractivity contribution in [3.05, 3.63) is 59.1 Å². The SMILES string of the molecule is CC(Oc1ccc(C(C)C)cc1)C(=O)NNC(=O)Nc1ccccc1Cl.